The first-order valence-electron chi connectivity index (χ1n) is 6.18. The summed E-state index contributed by atoms with van der Waals surface area (Å²) in [5.74, 6) is 6.06. The van der Waals surface area contributed by atoms with Gasteiger partial charge < -0.3 is 9.63 Å². The van der Waals surface area contributed by atoms with Gasteiger partial charge in [0.15, 0.2) is 5.82 Å². The minimum atomic E-state index is -3.81. The zero-order valence-corrected chi connectivity index (χ0v) is 12.1. The van der Waals surface area contributed by atoms with Gasteiger partial charge in [0.2, 0.25) is 0 Å². The Labute approximate surface area is 122 Å². The van der Waals surface area contributed by atoms with Crippen LogP contribution in [-0.4, -0.2) is 25.3 Å². The Morgan fingerprint density at radius 2 is 2.14 bits per heavy atom. The molecule has 7 heteroatoms. The molecule has 0 atom stereocenters. The molecule has 2 aromatic rings. The minimum absolute atomic E-state index is 0.0519. The van der Waals surface area contributed by atoms with Crippen LogP contribution in [0.25, 0.3) is 0 Å². The maximum atomic E-state index is 12.4. The first kappa shape index (κ1) is 15.1. The Balaban J connectivity index is 2.34. The summed E-state index contributed by atoms with van der Waals surface area (Å²) in [5.41, 5.74) is 0.360. The molecule has 2 rings (SSSR count). The van der Waals surface area contributed by atoms with Crippen molar-refractivity contribution in [3.63, 3.8) is 0 Å². The molecule has 21 heavy (non-hydrogen) atoms. The summed E-state index contributed by atoms with van der Waals surface area (Å²) < 4.78 is 31.9. The molecule has 0 aliphatic carbocycles. The number of aliphatic hydroxyl groups is 1. The number of anilines is 1. The summed E-state index contributed by atoms with van der Waals surface area (Å²) in [6.07, 6.45) is 0.282. The smallest absolute Gasteiger partial charge is 0.264 e. The lowest BCUT2D eigenvalue weighted by molar-refractivity contribution is 0.305. The van der Waals surface area contributed by atoms with E-state index in [0.717, 1.165) is 0 Å². The van der Waals surface area contributed by atoms with Gasteiger partial charge in [0, 0.05) is 18.1 Å². The van der Waals surface area contributed by atoms with Crippen molar-refractivity contribution in [2.24, 2.45) is 0 Å². The standard InChI is InChI=1S/C14H14N2O4S/c1-11-10-14(15-20-11)16-21(18,19)13-8-3-2-6-12(13)7-4-5-9-17/h2-3,6,8,10,17H,5,9H2,1H3,(H,15,16). The van der Waals surface area contributed by atoms with E-state index in [0.29, 0.717) is 11.3 Å². The van der Waals surface area contributed by atoms with Gasteiger partial charge in [-0.2, -0.15) is 0 Å². The summed E-state index contributed by atoms with van der Waals surface area (Å²) in [4.78, 5) is 0.0519. The Bertz CT molecular complexity index is 785. The van der Waals surface area contributed by atoms with Crippen molar-refractivity contribution in [3.8, 4) is 11.8 Å². The van der Waals surface area contributed by atoms with E-state index in [1.807, 2.05) is 0 Å². The van der Waals surface area contributed by atoms with Crippen molar-refractivity contribution in [1.82, 2.24) is 5.16 Å². The number of rotatable bonds is 4. The second-order valence-electron chi connectivity index (χ2n) is 4.20. The van der Waals surface area contributed by atoms with Gasteiger partial charge in [0.1, 0.15) is 10.7 Å². The average Bonchev–Trinajstić information content (AvgIpc) is 2.84. The van der Waals surface area contributed by atoms with Crippen LogP contribution in [0.4, 0.5) is 5.82 Å². The zero-order valence-electron chi connectivity index (χ0n) is 11.3. The lowest BCUT2D eigenvalue weighted by atomic mass is 10.2. The Morgan fingerprint density at radius 3 is 2.81 bits per heavy atom. The van der Waals surface area contributed by atoms with Gasteiger partial charge in [-0.15, -0.1) is 0 Å². The molecule has 0 aliphatic rings. The van der Waals surface area contributed by atoms with Gasteiger partial charge in [0.05, 0.1) is 6.61 Å². The van der Waals surface area contributed by atoms with E-state index in [1.54, 1.807) is 25.1 Å². The topological polar surface area (TPSA) is 92.4 Å². The quantitative estimate of drug-likeness (QED) is 0.835. The molecule has 1 heterocycles. The molecule has 2 N–H and O–H groups in total. The molecule has 6 nitrogen and oxygen atoms in total. The van der Waals surface area contributed by atoms with E-state index in [-0.39, 0.29) is 23.7 Å². The summed E-state index contributed by atoms with van der Waals surface area (Å²) in [7, 11) is -3.81. The molecule has 0 amide bonds. The first-order chi connectivity index (χ1) is 10.0. The molecule has 0 unspecified atom stereocenters. The van der Waals surface area contributed by atoms with Gasteiger partial charge in [-0.25, -0.2) is 8.42 Å². The summed E-state index contributed by atoms with van der Waals surface area (Å²) in [6.45, 7) is 1.59. The van der Waals surface area contributed by atoms with Crippen LogP contribution in [0.15, 0.2) is 39.8 Å². The van der Waals surface area contributed by atoms with E-state index >= 15 is 0 Å². The highest BCUT2D eigenvalue weighted by Gasteiger charge is 2.19. The van der Waals surface area contributed by atoms with Crippen molar-refractivity contribution in [2.75, 3.05) is 11.3 Å². The summed E-state index contributed by atoms with van der Waals surface area (Å²) >= 11 is 0. The first-order valence-corrected chi connectivity index (χ1v) is 7.66. The summed E-state index contributed by atoms with van der Waals surface area (Å²) in [6, 6.07) is 7.85. The molecule has 0 spiro atoms. The zero-order chi connectivity index (χ0) is 15.3. The minimum Gasteiger partial charge on any atom is -0.395 e. The number of aromatic nitrogens is 1. The molecular weight excluding hydrogens is 292 g/mol. The van der Waals surface area contributed by atoms with Crippen molar-refractivity contribution >= 4 is 15.8 Å². The van der Waals surface area contributed by atoms with Gasteiger partial charge in [-0.1, -0.05) is 29.1 Å². The van der Waals surface area contributed by atoms with Crippen molar-refractivity contribution in [1.29, 1.82) is 0 Å². The fraction of sp³-hybridized carbons (Fsp3) is 0.214. The van der Waals surface area contributed by atoms with Crippen molar-refractivity contribution < 1.29 is 18.0 Å². The average molecular weight is 306 g/mol. The Morgan fingerprint density at radius 1 is 1.38 bits per heavy atom. The van der Waals surface area contributed by atoms with Gasteiger partial charge >= 0.3 is 0 Å². The maximum Gasteiger partial charge on any atom is 0.264 e. The van der Waals surface area contributed by atoms with Crippen LogP contribution >= 0.6 is 0 Å². The fourth-order valence-corrected chi connectivity index (χ4v) is 2.77. The van der Waals surface area contributed by atoms with Crippen LogP contribution < -0.4 is 4.72 Å². The molecule has 0 bridgehead atoms. The fourth-order valence-electron chi connectivity index (χ4n) is 1.63. The van der Waals surface area contributed by atoms with E-state index in [2.05, 4.69) is 21.7 Å². The Kier molecular flexibility index (Phi) is 4.62. The van der Waals surface area contributed by atoms with Crippen LogP contribution in [0.5, 0.6) is 0 Å². The predicted octanol–water partition coefficient (Wildman–Crippen LogP) is 1.52. The van der Waals surface area contributed by atoms with E-state index in [1.165, 1.54) is 12.1 Å². The van der Waals surface area contributed by atoms with Crippen molar-refractivity contribution in [3.05, 3.63) is 41.7 Å². The maximum absolute atomic E-state index is 12.4. The van der Waals surface area contributed by atoms with Crippen LogP contribution in [0, 0.1) is 18.8 Å². The number of hydrogen-bond donors (Lipinski definition) is 2. The number of benzene rings is 1. The third kappa shape index (κ3) is 3.84. The van der Waals surface area contributed by atoms with Crippen molar-refractivity contribution in [2.45, 2.75) is 18.2 Å². The SMILES string of the molecule is Cc1cc(NS(=O)(=O)c2ccccc2C#CCCO)no1. The highest BCUT2D eigenvalue weighted by molar-refractivity contribution is 7.92. The van der Waals surface area contributed by atoms with Crippen LogP contribution in [-0.2, 0) is 10.0 Å². The lowest BCUT2D eigenvalue weighted by Gasteiger charge is -2.06. The number of nitrogens with one attached hydrogen (secondary N) is 1. The summed E-state index contributed by atoms with van der Waals surface area (Å²) in [5, 5.41) is 12.3. The number of hydrogen-bond acceptors (Lipinski definition) is 5. The largest absolute Gasteiger partial charge is 0.395 e. The molecule has 0 saturated carbocycles. The lowest BCUT2D eigenvalue weighted by Crippen LogP contribution is -2.14. The highest BCUT2D eigenvalue weighted by atomic mass is 32.2. The normalized spacial score (nSPS) is 10.8. The second-order valence-corrected chi connectivity index (χ2v) is 5.85. The van der Waals surface area contributed by atoms with Gasteiger partial charge in [-0.05, 0) is 19.1 Å². The van der Waals surface area contributed by atoms with E-state index in [4.69, 9.17) is 9.63 Å². The highest BCUT2D eigenvalue weighted by Crippen LogP contribution is 2.19. The monoisotopic (exact) mass is 306 g/mol. The number of aliphatic hydroxyl groups excluding tert-OH is 1. The van der Waals surface area contributed by atoms with Gasteiger partial charge in [0.25, 0.3) is 10.0 Å². The second kappa shape index (κ2) is 6.43. The van der Waals surface area contributed by atoms with Crippen LogP contribution in [0.1, 0.15) is 17.7 Å². The Hall–Kier alpha value is -2.30. The molecule has 110 valence electrons. The molecule has 0 radical (unpaired) electrons. The van der Waals surface area contributed by atoms with E-state index in [9.17, 15) is 8.42 Å². The van der Waals surface area contributed by atoms with Gasteiger partial charge in [-0.3, -0.25) is 4.72 Å². The van der Waals surface area contributed by atoms with Crippen LogP contribution in [0.3, 0.4) is 0 Å². The van der Waals surface area contributed by atoms with Crippen LogP contribution in [0.2, 0.25) is 0 Å². The number of aryl methyl sites for hydroxylation is 1. The molecule has 0 aliphatic heterocycles. The molecule has 1 aromatic carbocycles. The van der Waals surface area contributed by atoms with E-state index < -0.39 is 10.0 Å². The molecular formula is C14H14N2O4S. The molecule has 1 aromatic heterocycles. The number of nitrogens with zero attached hydrogens (tertiary/aromatic N) is 1. The number of sulfonamides is 1. The third-order valence-electron chi connectivity index (χ3n) is 2.50. The predicted molar refractivity (Wildman–Crippen MR) is 77.1 cm³/mol. The third-order valence-corrected chi connectivity index (χ3v) is 3.92. The molecule has 0 saturated heterocycles. The molecule has 0 fully saturated rings.